The Kier molecular flexibility index (Phi) is 5.74. The first-order valence-electron chi connectivity index (χ1n) is 3.62. The fourth-order valence-electron chi connectivity index (χ4n) is 0.621. The van der Waals surface area contributed by atoms with Crippen LogP contribution < -0.4 is 0 Å². The van der Waals surface area contributed by atoms with Crippen molar-refractivity contribution in [1.29, 1.82) is 0 Å². The van der Waals surface area contributed by atoms with Crippen LogP contribution in [0, 0.1) is 0 Å². The van der Waals surface area contributed by atoms with Gasteiger partial charge in [-0.05, 0) is 25.8 Å². The number of aliphatic imine (C=N–C) groups is 1. The summed E-state index contributed by atoms with van der Waals surface area (Å²) in [6.45, 7) is 6.12. The molecule has 1 heteroatoms. The Morgan fingerprint density at radius 2 is 2.20 bits per heavy atom. The van der Waals surface area contributed by atoms with Gasteiger partial charge in [0.25, 0.3) is 0 Å². The van der Waals surface area contributed by atoms with Crippen molar-refractivity contribution in [3.05, 3.63) is 23.9 Å². The molecule has 0 spiro atoms. The number of rotatable bonds is 3. The van der Waals surface area contributed by atoms with E-state index in [4.69, 9.17) is 0 Å². The van der Waals surface area contributed by atoms with Crippen molar-refractivity contribution in [3.8, 4) is 0 Å². The molecule has 0 fully saturated rings. The van der Waals surface area contributed by atoms with E-state index in [2.05, 4.69) is 24.9 Å². The van der Waals surface area contributed by atoms with Crippen molar-refractivity contribution >= 4 is 6.21 Å². The van der Waals surface area contributed by atoms with Crippen LogP contribution in [-0.2, 0) is 0 Å². The highest BCUT2D eigenvalue weighted by Gasteiger charge is 1.76. The van der Waals surface area contributed by atoms with E-state index in [-0.39, 0.29) is 0 Å². The summed E-state index contributed by atoms with van der Waals surface area (Å²) in [6, 6.07) is 0. The van der Waals surface area contributed by atoms with Gasteiger partial charge in [0.05, 0.1) is 0 Å². The maximum atomic E-state index is 4.03. The lowest BCUT2D eigenvalue weighted by molar-refractivity contribution is 1.21. The number of hydrogen-bond acceptors (Lipinski definition) is 1. The first-order chi connectivity index (χ1) is 4.81. The predicted octanol–water partition coefficient (Wildman–Crippen LogP) is 2.95. The zero-order valence-corrected chi connectivity index (χ0v) is 6.96. The average Bonchev–Trinajstić information content (AvgIpc) is 1.89. The minimum Gasteiger partial charge on any atom is -0.265 e. The molecule has 10 heavy (non-hydrogen) atoms. The second-order valence-electron chi connectivity index (χ2n) is 2.12. The van der Waals surface area contributed by atoms with E-state index in [0.29, 0.717) is 0 Å². The van der Waals surface area contributed by atoms with Gasteiger partial charge in [-0.1, -0.05) is 19.1 Å². The first kappa shape index (κ1) is 9.15. The van der Waals surface area contributed by atoms with E-state index in [1.807, 2.05) is 19.2 Å². The molecule has 0 aromatic rings. The number of allylic oxidation sites excluding steroid dienone is 3. The maximum absolute atomic E-state index is 4.03. The summed E-state index contributed by atoms with van der Waals surface area (Å²) >= 11 is 0. The Hall–Kier alpha value is -0.850. The lowest BCUT2D eigenvalue weighted by Crippen LogP contribution is -1.74. The van der Waals surface area contributed by atoms with Crippen molar-refractivity contribution in [1.82, 2.24) is 0 Å². The van der Waals surface area contributed by atoms with Crippen LogP contribution in [0.25, 0.3) is 0 Å². The second-order valence-corrected chi connectivity index (χ2v) is 2.12. The van der Waals surface area contributed by atoms with E-state index in [0.717, 1.165) is 6.42 Å². The third-order valence-corrected chi connectivity index (χ3v) is 1.04. The van der Waals surface area contributed by atoms with Crippen LogP contribution in [0.2, 0.25) is 0 Å². The third-order valence-electron chi connectivity index (χ3n) is 1.04. The summed E-state index contributed by atoms with van der Waals surface area (Å²) in [4.78, 5) is 4.03. The SMILES string of the molecule is C\C=C/N=C/C(C)=C/CC. The third kappa shape index (κ3) is 5.29. The Labute approximate surface area is 63.2 Å². The van der Waals surface area contributed by atoms with Gasteiger partial charge in [0.1, 0.15) is 0 Å². The van der Waals surface area contributed by atoms with E-state index in [9.17, 15) is 0 Å². The minimum atomic E-state index is 1.08. The molecule has 0 N–H and O–H groups in total. The molecule has 0 aliphatic carbocycles. The van der Waals surface area contributed by atoms with Gasteiger partial charge in [-0.3, -0.25) is 4.99 Å². The highest BCUT2D eigenvalue weighted by molar-refractivity contribution is 5.77. The normalized spacial score (nSPS) is 13.7. The van der Waals surface area contributed by atoms with Gasteiger partial charge in [0, 0.05) is 12.4 Å². The van der Waals surface area contributed by atoms with E-state index in [1.165, 1.54) is 5.57 Å². The Morgan fingerprint density at radius 3 is 2.70 bits per heavy atom. The van der Waals surface area contributed by atoms with Gasteiger partial charge in [0.2, 0.25) is 0 Å². The van der Waals surface area contributed by atoms with Crippen molar-refractivity contribution in [2.24, 2.45) is 4.99 Å². The molecule has 1 nitrogen and oxygen atoms in total. The highest BCUT2D eigenvalue weighted by Crippen LogP contribution is 1.90. The molecule has 0 aliphatic heterocycles. The lowest BCUT2D eigenvalue weighted by Gasteiger charge is -1.85. The summed E-state index contributed by atoms with van der Waals surface area (Å²) < 4.78 is 0. The van der Waals surface area contributed by atoms with E-state index >= 15 is 0 Å². The van der Waals surface area contributed by atoms with Gasteiger partial charge in [0.15, 0.2) is 0 Å². The predicted molar refractivity (Wildman–Crippen MR) is 47.4 cm³/mol. The maximum Gasteiger partial charge on any atom is 0.0293 e. The molecule has 0 radical (unpaired) electrons. The Balaban J connectivity index is 3.76. The molecular formula is C9H15N. The van der Waals surface area contributed by atoms with Crippen LogP contribution in [0.15, 0.2) is 28.9 Å². The smallest absolute Gasteiger partial charge is 0.0293 e. The van der Waals surface area contributed by atoms with Gasteiger partial charge in [-0.25, -0.2) is 0 Å². The first-order valence-corrected chi connectivity index (χ1v) is 3.62. The molecule has 0 saturated carbocycles. The van der Waals surface area contributed by atoms with Crippen molar-refractivity contribution in [3.63, 3.8) is 0 Å². The standard InChI is InChI=1S/C9H15N/c1-4-6-9(3)8-10-7-5-2/h5-8H,4H2,1-3H3/b7-5-,9-6+,10-8+. The van der Waals surface area contributed by atoms with Crippen LogP contribution in [-0.4, -0.2) is 6.21 Å². The van der Waals surface area contributed by atoms with Crippen molar-refractivity contribution in [2.45, 2.75) is 27.2 Å². The molecule has 0 atom stereocenters. The van der Waals surface area contributed by atoms with Crippen LogP contribution in [0.4, 0.5) is 0 Å². The van der Waals surface area contributed by atoms with Gasteiger partial charge in [-0.2, -0.15) is 0 Å². The highest BCUT2D eigenvalue weighted by atomic mass is 14.7. The second kappa shape index (κ2) is 6.27. The molecule has 0 aromatic heterocycles. The van der Waals surface area contributed by atoms with Crippen LogP contribution >= 0.6 is 0 Å². The summed E-state index contributed by atoms with van der Waals surface area (Å²) in [6.07, 6.45) is 8.78. The molecule has 0 aliphatic rings. The summed E-state index contributed by atoms with van der Waals surface area (Å²) in [5, 5.41) is 0. The average molecular weight is 137 g/mol. The van der Waals surface area contributed by atoms with E-state index < -0.39 is 0 Å². The number of hydrogen-bond donors (Lipinski definition) is 0. The number of nitrogens with zero attached hydrogens (tertiary/aromatic N) is 1. The van der Waals surface area contributed by atoms with Crippen LogP contribution in [0.3, 0.4) is 0 Å². The van der Waals surface area contributed by atoms with E-state index in [1.54, 1.807) is 6.20 Å². The lowest BCUT2D eigenvalue weighted by atomic mass is 10.3. The largest absolute Gasteiger partial charge is 0.265 e. The molecule has 0 bridgehead atoms. The van der Waals surface area contributed by atoms with Crippen LogP contribution in [0.1, 0.15) is 27.2 Å². The Morgan fingerprint density at radius 1 is 1.50 bits per heavy atom. The molecule has 0 heterocycles. The summed E-state index contributed by atoms with van der Waals surface area (Å²) in [5.41, 5.74) is 1.22. The zero-order valence-electron chi connectivity index (χ0n) is 6.96. The molecule has 0 saturated heterocycles. The fourth-order valence-corrected chi connectivity index (χ4v) is 0.621. The quantitative estimate of drug-likeness (QED) is 0.530. The molecule has 56 valence electrons. The fraction of sp³-hybridized carbons (Fsp3) is 0.444. The monoisotopic (exact) mass is 137 g/mol. The zero-order chi connectivity index (χ0) is 7.82. The van der Waals surface area contributed by atoms with Gasteiger partial charge >= 0.3 is 0 Å². The van der Waals surface area contributed by atoms with Crippen molar-refractivity contribution in [2.75, 3.05) is 0 Å². The van der Waals surface area contributed by atoms with Gasteiger partial charge < -0.3 is 0 Å². The topological polar surface area (TPSA) is 12.4 Å². The molecule has 0 amide bonds. The van der Waals surface area contributed by atoms with Crippen LogP contribution in [0.5, 0.6) is 0 Å². The summed E-state index contributed by atoms with van der Waals surface area (Å²) in [7, 11) is 0. The molecule has 0 rings (SSSR count). The van der Waals surface area contributed by atoms with Gasteiger partial charge in [-0.15, -0.1) is 0 Å². The molecule has 0 aromatic carbocycles. The molecular weight excluding hydrogens is 122 g/mol. The van der Waals surface area contributed by atoms with Crippen molar-refractivity contribution < 1.29 is 0 Å². The Bertz CT molecular complexity index is 152. The molecule has 0 unspecified atom stereocenters. The minimum absolute atomic E-state index is 1.08. The summed E-state index contributed by atoms with van der Waals surface area (Å²) in [5.74, 6) is 0.